The highest BCUT2D eigenvalue weighted by molar-refractivity contribution is 6.30. The Labute approximate surface area is 133 Å². The zero-order chi connectivity index (χ0) is 15.9. The van der Waals surface area contributed by atoms with Gasteiger partial charge < -0.3 is 14.6 Å². The molecule has 1 heterocycles. The number of rotatable bonds is 6. The quantitative estimate of drug-likeness (QED) is 0.890. The minimum Gasteiger partial charge on any atom is -0.467 e. The fourth-order valence-electron chi connectivity index (χ4n) is 1.92. The molecule has 0 aliphatic carbocycles. The van der Waals surface area contributed by atoms with Gasteiger partial charge in [0.2, 0.25) is 11.8 Å². The molecule has 6 heteroatoms. The number of hydrogen-bond donors (Lipinski definition) is 1. The molecular weight excluding hydrogens is 304 g/mol. The van der Waals surface area contributed by atoms with Crippen molar-refractivity contribution in [2.24, 2.45) is 0 Å². The van der Waals surface area contributed by atoms with Crippen LogP contribution in [-0.4, -0.2) is 23.3 Å². The molecule has 2 amide bonds. The number of nitrogens with one attached hydrogen (secondary N) is 1. The van der Waals surface area contributed by atoms with Gasteiger partial charge in [-0.15, -0.1) is 0 Å². The molecule has 0 aliphatic rings. The third-order valence-corrected chi connectivity index (χ3v) is 3.36. The maximum atomic E-state index is 11.9. The lowest BCUT2D eigenvalue weighted by Gasteiger charge is -2.20. The van der Waals surface area contributed by atoms with Crippen LogP contribution in [0.15, 0.2) is 47.1 Å². The predicted molar refractivity (Wildman–Crippen MR) is 83.1 cm³/mol. The fraction of sp³-hybridized carbons (Fsp3) is 0.250. The molecule has 0 spiro atoms. The number of hydrogen-bond acceptors (Lipinski definition) is 3. The molecular formula is C16H17ClN2O3. The maximum Gasteiger partial charge on any atom is 0.240 e. The number of benzene rings is 1. The highest BCUT2D eigenvalue weighted by Gasteiger charge is 2.14. The van der Waals surface area contributed by atoms with Crippen molar-refractivity contribution in [3.63, 3.8) is 0 Å². The molecule has 0 fully saturated rings. The normalized spacial score (nSPS) is 10.3. The number of amides is 2. The van der Waals surface area contributed by atoms with Crippen LogP contribution in [0.2, 0.25) is 5.02 Å². The molecule has 1 aromatic heterocycles. The van der Waals surface area contributed by atoms with Gasteiger partial charge in [0.25, 0.3) is 0 Å². The summed E-state index contributed by atoms with van der Waals surface area (Å²) in [5, 5.41) is 3.35. The highest BCUT2D eigenvalue weighted by Crippen LogP contribution is 2.11. The summed E-state index contributed by atoms with van der Waals surface area (Å²) < 4.78 is 5.14. The lowest BCUT2D eigenvalue weighted by molar-refractivity contribution is -0.135. The molecule has 116 valence electrons. The van der Waals surface area contributed by atoms with Crippen LogP contribution in [0.5, 0.6) is 0 Å². The highest BCUT2D eigenvalue weighted by atomic mass is 35.5. The molecule has 0 saturated carbocycles. The summed E-state index contributed by atoms with van der Waals surface area (Å²) in [6.45, 7) is 2.10. The second kappa shape index (κ2) is 7.66. The van der Waals surface area contributed by atoms with Crippen molar-refractivity contribution in [2.45, 2.75) is 20.0 Å². The SMILES string of the molecule is CC(=O)N(CC(=O)NCc1ccco1)Cc1ccc(Cl)cc1. The summed E-state index contributed by atoms with van der Waals surface area (Å²) in [7, 11) is 0. The predicted octanol–water partition coefficient (Wildman–Crippen LogP) is 2.60. The largest absolute Gasteiger partial charge is 0.467 e. The molecule has 0 aliphatic heterocycles. The van der Waals surface area contributed by atoms with Crippen LogP contribution in [-0.2, 0) is 22.7 Å². The van der Waals surface area contributed by atoms with E-state index in [0.29, 0.717) is 23.9 Å². The Balaban J connectivity index is 1.89. The van der Waals surface area contributed by atoms with Crippen molar-refractivity contribution in [3.8, 4) is 0 Å². The van der Waals surface area contributed by atoms with Crippen LogP contribution < -0.4 is 5.32 Å². The second-order valence-electron chi connectivity index (χ2n) is 4.86. The van der Waals surface area contributed by atoms with Gasteiger partial charge in [-0.25, -0.2) is 0 Å². The van der Waals surface area contributed by atoms with Crippen LogP contribution in [0, 0.1) is 0 Å². The molecule has 0 saturated heterocycles. The van der Waals surface area contributed by atoms with E-state index in [4.69, 9.17) is 16.0 Å². The van der Waals surface area contributed by atoms with E-state index in [1.165, 1.54) is 11.8 Å². The van der Waals surface area contributed by atoms with Crippen LogP contribution in [0.1, 0.15) is 18.2 Å². The van der Waals surface area contributed by atoms with Gasteiger partial charge in [0.05, 0.1) is 19.4 Å². The lowest BCUT2D eigenvalue weighted by Crippen LogP contribution is -2.39. The molecule has 22 heavy (non-hydrogen) atoms. The van der Waals surface area contributed by atoms with Crippen molar-refractivity contribution in [3.05, 3.63) is 59.0 Å². The molecule has 2 rings (SSSR count). The van der Waals surface area contributed by atoms with E-state index in [2.05, 4.69) is 5.32 Å². The van der Waals surface area contributed by atoms with Crippen molar-refractivity contribution >= 4 is 23.4 Å². The van der Waals surface area contributed by atoms with Gasteiger partial charge in [-0.3, -0.25) is 9.59 Å². The Morgan fingerprint density at radius 2 is 1.95 bits per heavy atom. The lowest BCUT2D eigenvalue weighted by atomic mass is 10.2. The Morgan fingerprint density at radius 1 is 1.23 bits per heavy atom. The second-order valence-corrected chi connectivity index (χ2v) is 5.29. The van der Waals surface area contributed by atoms with E-state index in [9.17, 15) is 9.59 Å². The van der Waals surface area contributed by atoms with Gasteiger partial charge in [-0.05, 0) is 29.8 Å². The standard InChI is InChI=1S/C16H17ClN2O3/c1-12(20)19(10-13-4-6-14(17)7-5-13)11-16(21)18-9-15-3-2-8-22-15/h2-8H,9-11H2,1H3,(H,18,21). The zero-order valence-corrected chi connectivity index (χ0v) is 13.0. The molecule has 1 aromatic carbocycles. The van der Waals surface area contributed by atoms with Crippen LogP contribution in [0.4, 0.5) is 0 Å². The molecule has 0 bridgehead atoms. The molecule has 0 radical (unpaired) electrons. The average Bonchev–Trinajstić information content (AvgIpc) is 3.00. The summed E-state index contributed by atoms with van der Waals surface area (Å²) in [5.74, 6) is 0.268. The van der Waals surface area contributed by atoms with Crippen molar-refractivity contribution < 1.29 is 14.0 Å². The van der Waals surface area contributed by atoms with Crippen molar-refractivity contribution in [1.29, 1.82) is 0 Å². The van der Waals surface area contributed by atoms with E-state index >= 15 is 0 Å². The minimum absolute atomic E-state index is 0.00132. The number of halogens is 1. The van der Waals surface area contributed by atoms with Crippen molar-refractivity contribution in [1.82, 2.24) is 10.2 Å². The summed E-state index contributed by atoms with van der Waals surface area (Å²) in [6, 6.07) is 10.7. The number of carbonyl (C=O) groups is 2. The Kier molecular flexibility index (Phi) is 5.61. The van der Waals surface area contributed by atoms with Gasteiger partial charge in [-0.2, -0.15) is 0 Å². The first-order chi connectivity index (χ1) is 10.5. The van der Waals surface area contributed by atoms with E-state index in [-0.39, 0.29) is 18.4 Å². The smallest absolute Gasteiger partial charge is 0.240 e. The third kappa shape index (κ3) is 4.93. The fourth-order valence-corrected chi connectivity index (χ4v) is 2.04. The Bertz CT molecular complexity index is 623. The van der Waals surface area contributed by atoms with Crippen LogP contribution in [0.3, 0.4) is 0 Å². The van der Waals surface area contributed by atoms with Crippen LogP contribution in [0.25, 0.3) is 0 Å². The first-order valence-corrected chi connectivity index (χ1v) is 7.21. The monoisotopic (exact) mass is 320 g/mol. The first-order valence-electron chi connectivity index (χ1n) is 6.83. The maximum absolute atomic E-state index is 11.9. The summed E-state index contributed by atoms with van der Waals surface area (Å²) >= 11 is 5.83. The van der Waals surface area contributed by atoms with Gasteiger partial charge in [0.1, 0.15) is 5.76 Å². The molecule has 1 N–H and O–H groups in total. The Hall–Kier alpha value is -2.27. The zero-order valence-electron chi connectivity index (χ0n) is 12.2. The summed E-state index contributed by atoms with van der Waals surface area (Å²) in [6.07, 6.45) is 1.55. The van der Waals surface area contributed by atoms with Gasteiger partial charge in [-0.1, -0.05) is 23.7 Å². The topological polar surface area (TPSA) is 62.6 Å². The van der Waals surface area contributed by atoms with Crippen LogP contribution >= 0.6 is 11.6 Å². The number of furan rings is 1. The Morgan fingerprint density at radius 3 is 2.55 bits per heavy atom. The first kappa shape index (κ1) is 16.1. The average molecular weight is 321 g/mol. The summed E-state index contributed by atoms with van der Waals surface area (Å²) in [4.78, 5) is 25.1. The molecule has 0 unspecified atom stereocenters. The number of nitrogens with zero attached hydrogens (tertiary/aromatic N) is 1. The summed E-state index contributed by atoms with van der Waals surface area (Å²) in [5.41, 5.74) is 0.915. The van der Waals surface area contributed by atoms with Gasteiger partial charge in [0, 0.05) is 18.5 Å². The van der Waals surface area contributed by atoms with Crippen molar-refractivity contribution in [2.75, 3.05) is 6.54 Å². The molecule has 2 aromatic rings. The van der Waals surface area contributed by atoms with E-state index in [1.807, 2.05) is 12.1 Å². The van der Waals surface area contributed by atoms with E-state index in [0.717, 1.165) is 5.56 Å². The van der Waals surface area contributed by atoms with E-state index < -0.39 is 0 Å². The molecule has 0 atom stereocenters. The van der Waals surface area contributed by atoms with E-state index in [1.54, 1.807) is 30.5 Å². The molecule has 5 nitrogen and oxygen atoms in total. The third-order valence-electron chi connectivity index (χ3n) is 3.11. The minimum atomic E-state index is -0.236. The number of carbonyl (C=O) groups excluding carboxylic acids is 2. The van der Waals surface area contributed by atoms with Gasteiger partial charge >= 0.3 is 0 Å². The van der Waals surface area contributed by atoms with Gasteiger partial charge in [0.15, 0.2) is 0 Å².